The van der Waals surface area contributed by atoms with Crippen molar-refractivity contribution >= 4 is 27.3 Å². The number of thiophene rings is 1. The Kier molecular flexibility index (Phi) is 5.31. The zero-order chi connectivity index (χ0) is 15.6. The molecule has 0 aliphatic carbocycles. The lowest BCUT2D eigenvalue weighted by molar-refractivity contribution is -0.0281. The molecule has 114 valence electrons. The number of esters is 1. The molecule has 0 bridgehead atoms. The topological polar surface area (TPSA) is 95.7 Å². The van der Waals surface area contributed by atoms with Crippen molar-refractivity contribution in [3.63, 3.8) is 0 Å². The van der Waals surface area contributed by atoms with Crippen LogP contribution in [0.4, 0.5) is 0 Å². The Labute approximate surface area is 122 Å². The number of primary sulfonamides is 1. The second kappa shape index (κ2) is 6.21. The molecule has 0 radical (unpaired) electrons. The minimum absolute atomic E-state index is 0.0182. The van der Waals surface area contributed by atoms with Crippen LogP contribution in [0.5, 0.6) is 0 Å². The van der Waals surface area contributed by atoms with Crippen LogP contribution in [0.15, 0.2) is 9.59 Å². The smallest absolute Gasteiger partial charge is 0.339 e. The molecule has 0 atom stereocenters. The summed E-state index contributed by atoms with van der Waals surface area (Å²) in [5, 5.41) is 6.48. The molecule has 8 heteroatoms. The minimum atomic E-state index is -3.80. The molecule has 2 N–H and O–H groups in total. The first-order valence-electron chi connectivity index (χ1n) is 5.94. The summed E-state index contributed by atoms with van der Waals surface area (Å²) in [6.07, 6.45) is 0. The summed E-state index contributed by atoms with van der Waals surface area (Å²) in [5.74, 6) is -0.578. The van der Waals surface area contributed by atoms with E-state index in [-0.39, 0.29) is 28.6 Å². The van der Waals surface area contributed by atoms with Crippen molar-refractivity contribution < 1.29 is 22.7 Å². The van der Waals surface area contributed by atoms with Gasteiger partial charge in [0.05, 0.1) is 17.8 Å². The number of ether oxygens (including phenoxy) is 2. The van der Waals surface area contributed by atoms with E-state index in [1.54, 1.807) is 0 Å². The summed E-state index contributed by atoms with van der Waals surface area (Å²) in [5.41, 5.74) is 0.236. The first kappa shape index (κ1) is 17.1. The molecule has 0 aliphatic heterocycles. The van der Waals surface area contributed by atoms with Crippen molar-refractivity contribution in [2.24, 2.45) is 5.14 Å². The van der Waals surface area contributed by atoms with Crippen LogP contribution in [0.25, 0.3) is 0 Å². The van der Waals surface area contributed by atoms with Gasteiger partial charge in [0.25, 0.3) is 0 Å². The van der Waals surface area contributed by atoms with Gasteiger partial charge < -0.3 is 9.47 Å². The van der Waals surface area contributed by atoms with Gasteiger partial charge in [0.15, 0.2) is 0 Å². The third-order valence-corrected chi connectivity index (χ3v) is 5.01. The SMILES string of the molecule is Cc1c(C(=O)OCCOC(C)(C)C)csc1S(N)(=O)=O. The molecule has 1 aromatic heterocycles. The average Bonchev–Trinajstić information content (AvgIpc) is 2.64. The van der Waals surface area contributed by atoms with Gasteiger partial charge in [-0.3, -0.25) is 0 Å². The summed E-state index contributed by atoms with van der Waals surface area (Å²) >= 11 is 0.910. The van der Waals surface area contributed by atoms with Gasteiger partial charge in [-0.1, -0.05) is 0 Å². The maximum atomic E-state index is 11.8. The van der Waals surface area contributed by atoms with Gasteiger partial charge in [0.2, 0.25) is 10.0 Å². The molecule has 6 nitrogen and oxygen atoms in total. The van der Waals surface area contributed by atoms with Crippen LogP contribution in [0.1, 0.15) is 36.7 Å². The van der Waals surface area contributed by atoms with E-state index >= 15 is 0 Å². The lowest BCUT2D eigenvalue weighted by Gasteiger charge is -2.19. The summed E-state index contributed by atoms with van der Waals surface area (Å²) in [4.78, 5) is 11.8. The number of sulfonamides is 1. The Morgan fingerprint density at radius 3 is 2.40 bits per heavy atom. The fourth-order valence-corrected chi connectivity index (χ4v) is 3.44. The van der Waals surface area contributed by atoms with Gasteiger partial charge >= 0.3 is 5.97 Å². The predicted molar refractivity (Wildman–Crippen MR) is 76.4 cm³/mol. The van der Waals surface area contributed by atoms with Crippen molar-refractivity contribution in [1.82, 2.24) is 0 Å². The largest absolute Gasteiger partial charge is 0.460 e. The van der Waals surface area contributed by atoms with Crippen LogP contribution in [0.2, 0.25) is 0 Å². The number of rotatable bonds is 5. The molecule has 20 heavy (non-hydrogen) atoms. The van der Waals surface area contributed by atoms with E-state index in [9.17, 15) is 13.2 Å². The van der Waals surface area contributed by atoms with Gasteiger partial charge in [-0.25, -0.2) is 18.4 Å². The zero-order valence-electron chi connectivity index (χ0n) is 11.9. The van der Waals surface area contributed by atoms with E-state index in [0.717, 1.165) is 11.3 Å². The van der Waals surface area contributed by atoms with E-state index in [1.165, 1.54) is 12.3 Å². The average molecular weight is 321 g/mol. The van der Waals surface area contributed by atoms with Crippen LogP contribution in [-0.4, -0.2) is 33.2 Å². The standard InChI is InChI=1S/C12H19NO5S2/c1-8-9(7-19-11(8)20(13,15)16)10(14)17-5-6-18-12(2,3)4/h7H,5-6H2,1-4H3,(H2,13,15,16). The molecule has 0 fully saturated rings. The molecule has 0 aliphatic rings. The van der Waals surface area contributed by atoms with Gasteiger partial charge in [0, 0.05) is 5.38 Å². The highest BCUT2D eigenvalue weighted by molar-refractivity contribution is 7.91. The van der Waals surface area contributed by atoms with Gasteiger partial charge in [-0.15, -0.1) is 11.3 Å². The van der Waals surface area contributed by atoms with Crippen LogP contribution in [-0.2, 0) is 19.5 Å². The Morgan fingerprint density at radius 2 is 1.95 bits per heavy atom. The van der Waals surface area contributed by atoms with Gasteiger partial charge in [-0.05, 0) is 33.3 Å². The Balaban J connectivity index is 2.64. The molecule has 1 aromatic rings. The molecule has 1 rings (SSSR count). The fourth-order valence-electron chi connectivity index (χ4n) is 1.44. The first-order valence-corrected chi connectivity index (χ1v) is 8.37. The van der Waals surface area contributed by atoms with E-state index in [2.05, 4.69) is 0 Å². The second-order valence-corrected chi connectivity index (χ2v) is 7.84. The number of nitrogens with two attached hydrogens (primary N) is 1. The van der Waals surface area contributed by atoms with E-state index < -0.39 is 16.0 Å². The molecule has 0 saturated carbocycles. The summed E-state index contributed by atoms with van der Waals surface area (Å²) in [6.45, 7) is 7.61. The van der Waals surface area contributed by atoms with Crippen molar-refractivity contribution in [3.8, 4) is 0 Å². The van der Waals surface area contributed by atoms with Gasteiger partial charge in [-0.2, -0.15) is 0 Å². The minimum Gasteiger partial charge on any atom is -0.460 e. The molecular weight excluding hydrogens is 302 g/mol. The maximum absolute atomic E-state index is 11.8. The fraction of sp³-hybridized carbons (Fsp3) is 0.583. The normalized spacial score (nSPS) is 12.4. The Hall–Kier alpha value is -0.960. The lowest BCUT2D eigenvalue weighted by Crippen LogP contribution is -2.22. The monoisotopic (exact) mass is 321 g/mol. The lowest BCUT2D eigenvalue weighted by atomic mass is 10.2. The van der Waals surface area contributed by atoms with Crippen molar-refractivity contribution in [2.45, 2.75) is 37.5 Å². The third-order valence-electron chi connectivity index (χ3n) is 2.32. The molecule has 0 aromatic carbocycles. The number of carbonyl (C=O) groups is 1. The van der Waals surface area contributed by atoms with E-state index in [0.29, 0.717) is 5.56 Å². The highest BCUT2D eigenvalue weighted by atomic mass is 32.2. The van der Waals surface area contributed by atoms with E-state index in [1.807, 2.05) is 20.8 Å². The number of carbonyl (C=O) groups excluding carboxylic acids is 1. The molecule has 0 spiro atoms. The maximum Gasteiger partial charge on any atom is 0.339 e. The van der Waals surface area contributed by atoms with Crippen molar-refractivity contribution in [3.05, 3.63) is 16.5 Å². The highest BCUT2D eigenvalue weighted by Gasteiger charge is 2.21. The van der Waals surface area contributed by atoms with Crippen molar-refractivity contribution in [2.75, 3.05) is 13.2 Å². The highest BCUT2D eigenvalue weighted by Crippen LogP contribution is 2.25. The molecule has 1 heterocycles. The van der Waals surface area contributed by atoms with Crippen LogP contribution in [0, 0.1) is 6.92 Å². The first-order chi connectivity index (χ1) is 9.02. The summed E-state index contributed by atoms with van der Waals surface area (Å²) in [6, 6.07) is 0. The molecular formula is C12H19NO5S2. The third kappa shape index (κ3) is 4.86. The summed E-state index contributed by atoms with van der Waals surface area (Å²) in [7, 11) is -3.80. The van der Waals surface area contributed by atoms with Crippen molar-refractivity contribution in [1.29, 1.82) is 0 Å². The van der Waals surface area contributed by atoms with Gasteiger partial charge in [0.1, 0.15) is 10.8 Å². The Bertz CT molecular complexity index is 583. The van der Waals surface area contributed by atoms with E-state index in [4.69, 9.17) is 14.6 Å². The van der Waals surface area contributed by atoms with Crippen LogP contribution < -0.4 is 5.14 Å². The zero-order valence-corrected chi connectivity index (χ0v) is 13.6. The summed E-state index contributed by atoms with van der Waals surface area (Å²) < 4.78 is 33.0. The number of hydrogen-bond acceptors (Lipinski definition) is 6. The number of hydrogen-bond donors (Lipinski definition) is 1. The predicted octanol–water partition coefficient (Wildman–Crippen LogP) is 1.68. The quantitative estimate of drug-likeness (QED) is 0.657. The van der Waals surface area contributed by atoms with Crippen LogP contribution in [0.3, 0.4) is 0 Å². The second-order valence-electron chi connectivity index (χ2n) is 5.20. The molecule has 0 saturated heterocycles. The molecule has 0 unspecified atom stereocenters. The Morgan fingerprint density at radius 1 is 1.35 bits per heavy atom. The molecule has 0 amide bonds. The van der Waals surface area contributed by atoms with Crippen LogP contribution >= 0.6 is 11.3 Å².